The number of carboxylic acids is 1. The van der Waals surface area contributed by atoms with Gasteiger partial charge in [0.15, 0.2) is 0 Å². The average molecular weight is 285 g/mol. The van der Waals surface area contributed by atoms with Gasteiger partial charge in [-0.2, -0.15) is 0 Å². The van der Waals surface area contributed by atoms with Crippen molar-refractivity contribution < 1.29 is 9.90 Å². The summed E-state index contributed by atoms with van der Waals surface area (Å²) < 4.78 is 0. The number of aromatic carboxylic acids is 1. The van der Waals surface area contributed by atoms with Crippen LogP contribution in [0.2, 0.25) is 0 Å². The van der Waals surface area contributed by atoms with Crippen molar-refractivity contribution in [3.05, 3.63) is 59.4 Å². The summed E-state index contributed by atoms with van der Waals surface area (Å²) in [5.41, 5.74) is 3.29. The lowest BCUT2D eigenvalue weighted by atomic mass is 10.1. The fourth-order valence-corrected chi connectivity index (χ4v) is 2.11. The van der Waals surface area contributed by atoms with E-state index >= 15 is 0 Å². The highest BCUT2D eigenvalue weighted by molar-refractivity contribution is 5.87. The van der Waals surface area contributed by atoms with Crippen LogP contribution in [-0.4, -0.2) is 30.2 Å². The molecular weight excluding hydrogens is 266 g/mol. The zero-order valence-corrected chi connectivity index (χ0v) is 12.2. The Kier molecular flexibility index (Phi) is 4.90. The Morgan fingerprint density at radius 2 is 2.05 bits per heavy atom. The van der Waals surface area contributed by atoms with Gasteiger partial charge in [0.25, 0.3) is 0 Å². The zero-order valence-electron chi connectivity index (χ0n) is 12.2. The van der Waals surface area contributed by atoms with Crippen LogP contribution in [0.25, 0.3) is 0 Å². The topological polar surface area (TPSA) is 65.5 Å². The van der Waals surface area contributed by atoms with Crippen molar-refractivity contribution in [3.8, 4) is 0 Å². The van der Waals surface area contributed by atoms with Crippen LogP contribution < -0.4 is 10.2 Å². The largest absolute Gasteiger partial charge is 0.478 e. The third kappa shape index (κ3) is 4.03. The van der Waals surface area contributed by atoms with Crippen LogP contribution in [0.1, 0.15) is 21.6 Å². The van der Waals surface area contributed by atoms with Gasteiger partial charge in [-0.25, -0.2) is 4.79 Å². The van der Waals surface area contributed by atoms with E-state index < -0.39 is 5.97 Å². The number of pyridine rings is 1. The molecule has 0 saturated carbocycles. The summed E-state index contributed by atoms with van der Waals surface area (Å²) in [6, 6.07) is 10.9. The maximum atomic E-state index is 10.9. The molecule has 0 radical (unpaired) electrons. The number of nitrogens with one attached hydrogen (secondary N) is 1. The summed E-state index contributed by atoms with van der Waals surface area (Å²) in [5.74, 6) is -0.906. The number of hydrogen-bond donors (Lipinski definition) is 2. The molecule has 2 N–H and O–H groups in total. The van der Waals surface area contributed by atoms with Gasteiger partial charge in [-0.1, -0.05) is 12.1 Å². The minimum atomic E-state index is -0.906. The monoisotopic (exact) mass is 285 g/mol. The predicted molar refractivity (Wildman–Crippen MR) is 82.5 cm³/mol. The molecule has 1 heterocycles. The lowest BCUT2D eigenvalue weighted by Gasteiger charge is -2.16. The Labute approximate surface area is 124 Å². The molecule has 0 spiro atoms. The SMILES string of the molecule is CN(C)c1cccnc1CNCc1cccc(C(=O)O)c1. The van der Waals surface area contributed by atoms with E-state index in [1.54, 1.807) is 24.4 Å². The Bertz CT molecular complexity index is 626. The van der Waals surface area contributed by atoms with E-state index in [2.05, 4.69) is 10.3 Å². The normalized spacial score (nSPS) is 10.4. The van der Waals surface area contributed by atoms with Gasteiger partial charge in [-0.3, -0.25) is 4.98 Å². The highest BCUT2D eigenvalue weighted by atomic mass is 16.4. The van der Waals surface area contributed by atoms with E-state index in [0.717, 1.165) is 16.9 Å². The molecule has 0 saturated heterocycles. The third-order valence-electron chi connectivity index (χ3n) is 3.14. The van der Waals surface area contributed by atoms with Crippen LogP contribution in [0, 0.1) is 0 Å². The second-order valence-electron chi connectivity index (χ2n) is 4.97. The van der Waals surface area contributed by atoms with Gasteiger partial charge < -0.3 is 15.3 Å². The summed E-state index contributed by atoms with van der Waals surface area (Å²) in [6.45, 7) is 1.23. The third-order valence-corrected chi connectivity index (χ3v) is 3.14. The van der Waals surface area contributed by atoms with E-state index in [4.69, 9.17) is 5.11 Å². The summed E-state index contributed by atoms with van der Waals surface area (Å²) in [5, 5.41) is 12.3. The first kappa shape index (κ1) is 15.0. The molecule has 5 heteroatoms. The van der Waals surface area contributed by atoms with E-state index in [1.165, 1.54) is 0 Å². The van der Waals surface area contributed by atoms with Crippen LogP contribution >= 0.6 is 0 Å². The average Bonchev–Trinajstić information content (AvgIpc) is 2.48. The van der Waals surface area contributed by atoms with Gasteiger partial charge in [0.2, 0.25) is 0 Å². The minimum Gasteiger partial charge on any atom is -0.478 e. The van der Waals surface area contributed by atoms with Gasteiger partial charge in [-0.15, -0.1) is 0 Å². The second-order valence-corrected chi connectivity index (χ2v) is 4.97. The van der Waals surface area contributed by atoms with Crippen LogP contribution in [0.15, 0.2) is 42.6 Å². The quantitative estimate of drug-likeness (QED) is 0.851. The summed E-state index contributed by atoms with van der Waals surface area (Å²) >= 11 is 0. The first-order valence-electron chi connectivity index (χ1n) is 6.72. The van der Waals surface area contributed by atoms with Crippen molar-refractivity contribution in [1.82, 2.24) is 10.3 Å². The molecule has 0 amide bonds. The molecule has 0 aliphatic carbocycles. The molecule has 2 aromatic rings. The summed E-state index contributed by atoms with van der Waals surface area (Å²) in [6.07, 6.45) is 1.77. The molecule has 0 aliphatic heterocycles. The summed E-state index contributed by atoms with van der Waals surface area (Å²) in [4.78, 5) is 17.3. The van der Waals surface area contributed by atoms with Crippen molar-refractivity contribution in [2.24, 2.45) is 0 Å². The Balaban J connectivity index is 1.99. The fourth-order valence-electron chi connectivity index (χ4n) is 2.11. The Hall–Kier alpha value is -2.40. The number of hydrogen-bond acceptors (Lipinski definition) is 4. The first-order chi connectivity index (χ1) is 10.1. The number of nitrogens with zero attached hydrogens (tertiary/aromatic N) is 2. The van der Waals surface area contributed by atoms with Crippen molar-refractivity contribution in [3.63, 3.8) is 0 Å². The molecular formula is C16H19N3O2. The van der Waals surface area contributed by atoms with Crippen molar-refractivity contribution in [2.45, 2.75) is 13.1 Å². The number of carboxylic acid groups (broad SMARTS) is 1. The van der Waals surface area contributed by atoms with E-state index in [1.807, 2.05) is 37.2 Å². The Morgan fingerprint density at radius 1 is 1.24 bits per heavy atom. The standard InChI is InChI=1S/C16H19N3O2/c1-19(2)15-7-4-8-18-14(15)11-17-10-12-5-3-6-13(9-12)16(20)21/h3-9,17H,10-11H2,1-2H3,(H,20,21). The second kappa shape index (κ2) is 6.85. The summed E-state index contributed by atoms with van der Waals surface area (Å²) in [7, 11) is 3.97. The van der Waals surface area contributed by atoms with Gasteiger partial charge in [-0.05, 0) is 29.8 Å². The maximum absolute atomic E-state index is 10.9. The molecule has 0 unspecified atom stereocenters. The molecule has 1 aromatic heterocycles. The number of benzene rings is 1. The molecule has 1 aromatic carbocycles. The highest BCUT2D eigenvalue weighted by Gasteiger charge is 2.06. The number of carbonyl (C=O) groups is 1. The van der Waals surface area contributed by atoms with E-state index in [0.29, 0.717) is 18.7 Å². The smallest absolute Gasteiger partial charge is 0.335 e. The number of aromatic nitrogens is 1. The van der Waals surface area contributed by atoms with E-state index in [-0.39, 0.29) is 0 Å². The molecule has 2 rings (SSSR count). The van der Waals surface area contributed by atoms with Crippen LogP contribution in [-0.2, 0) is 13.1 Å². The molecule has 0 fully saturated rings. The van der Waals surface area contributed by atoms with Gasteiger partial charge in [0.05, 0.1) is 16.9 Å². The van der Waals surface area contributed by atoms with Crippen molar-refractivity contribution in [2.75, 3.05) is 19.0 Å². The number of rotatable bonds is 6. The number of anilines is 1. The molecule has 21 heavy (non-hydrogen) atoms. The van der Waals surface area contributed by atoms with Crippen molar-refractivity contribution in [1.29, 1.82) is 0 Å². The molecule has 0 aliphatic rings. The zero-order chi connectivity index (χ0) is 15.2. The molecule has 5 nitrogen and oxygen atoms in total. The minimum absolute atomic E-state index is 0.307. The van der Waals surface area contributed by atoms with Crippen LogP contribution in [0.4, 0.5) is 5.69 Å². The van der Waals surface area contributed by atoms with E-state index in [9.17, 15) is 4.79 Å². The van der Waals surface area contributed by atoms with Crippen LogP contribution in [0.5, 0.6) is 0 Å². The first-order valence-corrected chi connectivity index (χ1v) is 6.72. The lowest BCUT2D eigenvalue weighted by molar-refractivity contribution is 0.0696. The van der Waals surface area contributed by atoms with Crippen LogP contribution in [0.3, 0.4) is 0 Å². The van der Waals surface area contributed by atoms with Gasteiger partial charge in [0, 0.05) is 33.4 Å². The molecule has 0 atom stereocenters. The molecule has 0 bridgehead atoms. The highest BCUT2D eigenvalue weighted by Crippen LogP contribution is 2.15. The predicted octanol–water partition coefficient (Wildman–Crippen LogP) is 2.14. The van der Waals surface area contributed by atoms with Crippen molar-refractivity contribution >= 4 is 11.7 Å². The lowest BCUT2D eigenvalue weighted by Crippen LogP contribution is -2.18. The Morgan fingerprint density at radius 3 is 2.76 bits per heavy atom. The fraction of sp³-hybridized carbons (Fsp3) is 0.250. The van der Waals surface area contributed by atoms with Gasteiger partial charge in [0.1, 0.15) is 0 Å². The maximum Gasteiger partial charge on any atom is 0.335 e. The molecule has 110 valence electrons. The van der Waals surface area contributed by atoms with Gasteiger partial charge >= 0.3 is 5.97 Å².